The summed E-state index contributed by atoms with van der Waals surface area (Å²) in [5.41, 5.74) is 0. The second kappa shape index (κ2) is 6.19. The molecule has 0 saturated carbocycles. The van der Waals surface area contributed by atoms with Gasteiger partial charge in [-0.1, -0.05) is 12.2 Å². The molecule has 106 valence electrons. The summed E-state index contributed by atoms with van der Waals surface area (Å²) in [5, 5.41) is 9.26. The summed E-state index contributed by atoms with van der Waals surface area (Å²) in [5.74, 6) is 0.330. The van der Waals surface area contributed by atoms with Gasteiger partial charge in [0.25, 0.3) is 5.91 Å². The van der Waals surface area contributed by atoms with Crippen molar-refractivity contribution in [2.45, 2.75) is 32.3 Å². The van der Waals surface area contributed by atoms with E-state index < -0.39 is 6.10 Å². The first kappa shape index (κ1) is 14.1. The van der Waals surface area contributed by atoms with Crippen LogP contribution in [-0.2, 0) is 9.59 Å². The second-order valence-electron chi connectivity index (χ2n) is 5.35. The van der Waals surface area contributed by atoms with E-state index in [1.807, 2.05) is 4.90 Å². The highest BCUT2D eigenvalue weighted by molar-refractivity contribution is 5.81. The molecule has 1 aliphatic carbocycles. The maximum Gasteiger partial charge on any atom is 0.251 e. The van der Waals surface area contributed by atoms with E-state index in [1.54, 1.807) is 4.90 Å². The molecule has 0 aromatic rings. The summed E-state index contributed by atoms with van der Waals surface area (Å²) in [7, 11) is 0. The Morgan fingerprint density at radius 3 is 2.42 bits per heavy atom. The largest absolute Gasteiger partial charge is 0.384 e. The molecule has 5 nitrogen and oxygen atoms in total. The molecule has 2 aliphatic rings. The molecule has 1 aliphatic heterocycles. The number of amides is 2. The number of hydrogen-bond acceptors (Lipinski definition) is 3. The first-order chi connectivity index (χ1) is 9.08. The van der Waals surface area contributed by atoms with E-state index in [9.17, 15) is 14.7 Å². The Kier molecular flexibility index (Phi) is 4.58. The summed E-state index contributed by atoms with van der Waals surface area (Å²) in [6.07, 6.45) is 6.05. The van der Waals surface area contributed by atoms with Gasteiger partial charge >= 0.3 is 0 Å². The normalized spacial score (nSPS) is 24.6. The first-order valence-electron chi connectivity index (χ1n) is 6.99. The van der Waals surface area contributed by atoms with Crippen LogP contribution < -0.4 is 0 Å². The monoisotopic (exact) mass is 266 g/mol. The lowest BCUT2D eigenvalue weighted by Gasteiger charge is -2.35. The van der Waals surface area contributed by atoms with Gasteiger partial charge in [0.2, 0.25) is 5.91 Å². The second-order valence-corrected chi connectivity index (χ2v) is 5.35. The Labute approximate surface area is 113 Å². The number of carbonyl (C=O) groups is 2. The predicted molar refractivity (Wildman–Crippen MR) is 71.3 cm³/mol. The van der Waals surface area contributed by atoms with Crippen LogP contribution in [-0.4, -0.2) is 59.0 Å². The number of nitrogens with zero attached hydrogens (tertiary/aromatic N) is 2. The molecule has 2 amide bonds. The summed E-state index contributed by atoms with van der Waals surface area (Å²) in [4.78, 5) is 27.2. The fraction of sp³-hybridized carbons (Fsp3) is 0.714. The maximum absolute atomic E-state index is 12.1. The quantitative estimate of drug-likeness (QED) is 0.752. The number of allylic oxidation sites excluding steroid dienone is 2. The predicted octanol–water partition coefficient (Wildman–Crippen LogP) is 0.394. The highest BCUT2D eigenvalue weighted by Gasteiger charge is 2.27. The molecule has 1 saturated heterocycles. The zero-order valence-electron chi connectivity index (χ0n) is 11.4. The van der Waals surface area contributed by atoms with Crippen LogP contribution in [0.15, 0.2) is 12.2 Å². The van der Waals surface area contributed by atoms with Crippen molar-refractivity contribution in [2.24, 2.45) is 5.92 Å². The Morgan fingerprint density at radius 2 is 1.89 bits per heavy atom. The average Bonchev–Trinajstić information content (AvgIpc) is 2.90. The van der Waals surface area contributed by atoms with Crippen molar-refractivity contribution in [2.75, 3.05) is 26.2 Å². The van der Waals surface area contributed by atoms with Gasteiger partial charge in [-0.15, -0.1) is 0 Å². The minimum absolute atomic E-state index is 0.181. The molecule has 5 heteroatoms. The van der Waals surface area contributed by atoms with Gasteiger partial charge in [0.1, 0.15) is 6.10 Å². The van der Waals surface area contributed by atoms with Gasteiger partial charge < -0.3 is 14.9 Å². The van der Waals surface area contributed by atoms with Gasteiger partial charge in [-0.05, 0) is 25.7 Å². The van der Waals surface area contributed by atoms with Crippen molar-refractivity contribution in [3.05, 3.63) is 12.2 Å². The summed E-state index contributed by atoms with van der Waals surface area (Å²) < 4.78 is 0. The van der Waals surface area contributed by atoms with Crippen LogP contribution in [0.1, 0.15) is 26.2 Å². The van der Waals surface area contributed by atoms with Gasteiger partial charge in [-0.2, -0.15) is 0 Å². The van der Waals surface area contributed by atoms with Gasteiger partial charge in [0.05, 0.1) is 0 Å². The van der Waals surface area contributed by atoms with Crippen LogP contribution >= 0.6 is 0 Å². The van der Waals surface area contributed by atoms with Crippen molar-refractivity contribution in [1.29, 1.82) is 0 Å². The van der Waals surface area contributed by atoms with Crippen LogP contribution in [0.25, 0.3) is 0 Å². The van der Waals surface area contributed by atoms with Crippen molar-refractivity contribution < 1.29 is 14.7 Å². The summed E-state index contributed by atoms with van der Waals surface area (Å²) in [6, 6.07) is 0. The minimum Gasteiger partial charge on any atom is -0.384 e. The third-order valence-electron chi connectivity index (χ3n) is 3.85. The van der Waals surface area contributed by atoms with Crippen LogP contribution in [0.5, 0.6) is 0 Å². The standard InChI is InChI=1S/C14H22N2O3/c1-11(17)14(19)16-8-6-15(7-9-16)13(18)10-12-4-2-3-5-12/h2,4,11-12,17H,3,5-10H2,1H3. The van der Waals surface area contributed by atoms with Crippen molar-refractivity contribution >= 4 is 11.8 Å². The van der Waals surface area contributed by atoms with E-state index in [4.69, 9.17) is 0 Å². The molecule has 0 bridgehead atoms. The molecule has 2 rings (SSSR count). The van der Waals surface area contributed by atoms with E-state index >= 15 is 0 Å². The van der Waals surface area contributed by atoms with E-state index in [2.05, 4.69) is 12.2 Å². The van der Waals surface area contributed by atoms with E-state index in [1.165, 1.54) is 6.92 Å². The van der Waals surface area contributed by atoms with Crippen LogP contribution in [0, 0.1) is 5.92 Å². The highest BCUT2D eigenvalue weighted by Crippen LogP contribution is 2.21. The van der Waals surface area contributed by atoms with Crippen LogP contribution in [0.2, 0.25) is 0 Å². The fourth-order valence-electron chi connectivity index (χ4n) is 2.66. The Balaban J connectivity index is 1.77. The van der Waals surface area contributed by atoms with Crippen molar-refractivity contribution in [1.82, 2.24) is 9.80 Å². The number of rotatable bonds is 3. The zero-order chi connectivity index (χ0) is 13.8. The maximum atomic E-state index is 12.1. The Hall–Kier alpha value is -1.36. The van der Waals surface area contributed by atoms with Gasteiger partial charge in [-0.25, -0.2) is 0 Å². The molecule has 2 atom stereocenters. The lowest BCUT2D eigenvalue weighted by Crippen LogP contribution is -2.52. The van der Waals surface area contributed by atoms with Crippen molar-refractivity contribution in [3.63, 3.8) is 0 Å². The first-order valence-corrected chi connectivity index (χ1v) is 6.99. The molecule has 1 N–H and O–H groups in total. The smallest absolute Gasteiger partial charge is 0.251 e. The van der Waals surface area contributed by atoms with Gasteiger partial charge in [-0.3, -0.25) is 9.59 Å². The molecule has 0 radical (unpaired) electrons. The molecule has 1 heterocycles. The third kappa shape index (κ3) is 3.56. The lowest BCUT2D eigenvalue weighted by molar-refractivity contribution is -0.144. The SMILES string of the molecule is CC(O)C(=O)N1CCN(C(=O)CC2C=CCC2)CC1. The number of hydrogen-bond donors (Lipinski definition) is 1. The third-order valence-corrected chi connectivity index (χ3v) is 3.85. The van der Waals surface area contributed by atoms with Crippen molar-refractivity contribution in [3.8, 4) is 0 Å². The van der Waals surface area contributed by atoms with Crippen LogP contribution in [0.4, 0.5) is 0 Å². The van der Waals surface area contributed by atoms with Crippen LogP contribution in [0.3, 0.4) is 0 Å². The topological polar surface area (TPSA) is 60.9 Å². The lowest BCUT2D eigenvalue weighted by atomic mass is 10.0. The number of aliphatic hydroxyl groups is 1. The molecule has 0 aromatic carbocycles. The van der Waals surface area contributed by atoms with Gasteiger partial charge in [0, 0.05) is 32.6 Å². The highest BCUT2D eigenvalue weighted by atomic mass is 16.3. The molecule has 0 aromatic heterocycles. The Bertz CT molecular complexity index is 371. The van der Waals surface area contributed by atoms with Gasteiger partial charge in [0.15, 0.2) is 0 Å². The molecule has 0 spiro atoms. The fourth-order valence-corrected chi connectivity index (χ4v) is 2.66. The molecule has 19 heavy (non-hydrogen) atoms. The van der Waals surface area contributed by atoms with E-state index in [0.717, 1.165) is 12.8 Å². The Morgan fingerprint density at radius 1 is 1.26 bits per heavy atom. The summed E-state index contributed by atoms with van der Waals surface area (Å²) in [6.45, 7) is 3.68. The molecular weight excluding hydrogens is 244 g/mol. The molecular formula is C14H22N2O3. The van der Waals surface area contributed by atoms with E-state index in [0.29, 0.717) is 38.5 Å². The van der Waals surface area contributed by atoms with E-state index in [-0.39, 0.29) is 11.8 Å². The number of carbonyl (C=O) groups excluding carboxylic acids is 2. The number of aliphatic hydroxyl groups excluding tert-OH is 1. The average molecular weight is 266 g/mol. The molecule has 1 fully saturated rings. The summed E-state index contributed by atoms with van der Waals surface area (Å²) >= 11 is 0. The molecule has 2 unspecified atom stereocenters. The zero-order valence-corrected chi connectivity index (χ0v) is 11.4. The minimum atomic E-state index is -0.953. The number of piperazine rings is 1.